The van der Waals surface area contributed by atoms with Gasteiger partial charge in [-0.05, 0) is 49.1 Å². The van der Waals surface area contributed by atoms with Crippen molar-refractivity contribution in [2.45, 2.75) is 52.4 Å². The summed E-state index contributed by atoms with van der Waals surface area (Å²) in [6.07, 6.45) is 1.83. The van der Waals surface area contributed by atoms with E-state index in [1.54, 1.807) is 0 Å². The topological polar surface area (TPSA) is 41.6 Å². The number of carbonyl (C=O) groups excluding carboxylic acids is 1. The fourth-order valence-corrected chi connectivity index (χ4v) is 3.66. The smallest absolute Gasteiger partial charge is 0.241 e. The number of nitrogens with zero attached hydrogens (tertiary/aromatic N) is 1. The first-order valence-corrected chi connectivity index (χ1v) is 9.86. The lowest BCUT2D eigenvalue weighted by Crippen LogP contribution is -2.41. The molecule has 27 heavy (non-hydrogen) atoms. The van der Waals surface area contributed by atoms with Crippen LogP contribution in [-0.4, -0.2) is 30.4 Å². The summed E-state index contributed by atoms with van der Waals surface area (Å²) >= 11 is 0. The van der Waals surface area contributed by atoms with Gasteiger partial charge in [0.2, 0.25) is 5.91 Å². The maximum atomic E-state index is 12.9. The van der Waals surface area contributed by atoms with Crippen molar-refractivity contribution >= 4 is 11.6 Å². The summed E-state index contributed by atoms with van der Waals surface area (Å²) in [5, 5.41) is 3.18. The van der Waals surface area contributed by atoms with Crippen LogP contribution in [0.1, 0.15) is 49.1 Å². The number of nitrogens with one attached hydrogen (secondary N) is 1. The minimum Gasteiger partial charge on any atom is -0.367 e. The summed E-state index contributed by atoms with van der Waals surface area (Å²) in [5.41, 5.74) is 5.84. The second kappa shape index (κ2) is 8.68. The molecule has 0 saturated heterocycles. The summed E-state index contributed by atoms with van der Waals surface area (Å²) in [6.45, 7) is 7.54. The largest absolute Gasteiger partial charge is 0.367 e. The lowest BCUT2D eigenvalue weighted by atomic mass is 10.0. The van der Waals surface area contributed by atoms with Crippen LogP contribution < -0.4 is 5.32 Å². The average Bonchev–Trinajstić information content (AvgIpc) is 3.10. The molecule has 2 atom stereocenters. The van der Waals surface area contributed by atoms with Crippen molar-refractivity contribution in [3.05, 3.63) is 64.7 Å². The number of amides is 1. The number of rotatable bonds is 7. The standard InChI is InChI=1S/C23H30N2O2/c1-5-17-11-9-12-18(6-2)22(17)24-23(26)16(3)25(4)14-21-20-13-8-7-10-19(20)15-27-21/h7-13,16,21H,5-6,14-15H2,1-4H3,(H,24,26). The van der Waals surface area contributed by atoms with Crippen molar-refractivity contribution < 1.29 is 9.53 Å². The molecule has 0 radical (unpaired) electrons. The molecule has 2 aromatic carbocycles. The number of hydrogen-bond donors (Lipinski definition) is 1. The van der Waals surface area contributed by atoms with Crippen LogP contribution in [0.25, 0.3) is 0 Å². The Labute approximate surface area is 162 Å². The van der Waals surface area contributed by atoms with E-state index in [9.17, 15) is 4.79 Å². The van der Waals surface area contributed by atoms with E-state index < -0.39 is 0 Å². The summed E-state index contributed by atoms with van der Waals surface area (Å²) in [6, 6.07) is 14.3. The van der Waals surface area contributed by atoms with Gasteiger partial charge in [-0.2, -0.15) is 0 Å². The predicted molar refractivity (Wildman–Crippen MR) is 110 cm³/mol. The Balaban J connectivity index is 1.68. The van der Waals surface area contributed by atoms with Gasteiger partial charge in [-0.1, -0.05) is 56.3 Å². The first-order chi connectivity index (χ1) is 13.0. The molecule has 0 aliphatic carbocycles. The van der Waals surface area contributed by atoms with Crippen LogP contribution in [0.15, 0.2) is 42.5 Å². The lowest BCUT2D eigenvalue weighted by molar-refractivity contribution is -0.120. The van der Waals surface area contributed by atoms with Crippen LogP contribution in [0.5, 0.6) is 0 Å². The van der Waals surface area contributed by atoms with Crippen molar-refractivity contribution in [1.82, 2.24) is 4.90 Å². The summed E-state index contributed by atoms with van der Waals surface area (Å²) in [7, 11) is 1.99. The molecule has 144 valence electrons. The normalized spacial score (nSPS) is 17.0. The van der Waals surface area contributed by atoms with E-state index >= 15 is 0 Å². The number of ether oxygens (including phenoxy) is 1. The molecule has 2 aromatic rings. The summed E-state index contributed by atoms with van der Waals surface area (Å²) < 4.78 is 5.94. The maximum Gasteiger partial charge on any atom is 0.241 e. The number of benzene rings is 2. The molecule has 1 amide bonds. The SMILES string of the molecule is CCc1cccc(CC)c1NC(=O)C(C)N(C)CC1OCc2ccccc21. The molecule has 4 nitrogen and oxygen atoms in total. The highest BCUT2D eigenvalue weighted by atomic mass is 16.5. The first-order valence-electron chi connectivity index (χ1n) is 9.86. The predicted octanol–water partition coefficient (Wildman–Crippen LogP) is 4.34. The number of para-hydroxylation sites is 1. The van der Waals surface area contributed by atoms with Crippen LogP contribution in [0.4, 0.5) is 5.69 Å². The first kappa shape index (κ1) is 19.6. The minimum atomic E-state index is -0.240. The van der Waals surface area contributed by atoms with Gasteiger partial charge in [0.15, 0.2) is 0 Å². The quantitative estimate of drug-likeness (QED) is 0.792. The van der Waals surface area contributed by atoms with Crippen LogP contribution in [0.2, 0.25) is 0 Å². The minimum absolute atomic E-state index is 0.0237. The van der Waals surface area contributed by atoms with Gasteiger partial charge < -0.3 is 10.1 Å². The molecule has 1 aliphatic heterocycles. The van der Waals surface area contributed by atoms with Gasteiger partial charge in [0.25, 0.3) is 0 Å². The number of aryl methyl sites for hydroxylation is 2. The Hall–Kier alpha value is -2.17. The summed E-state index contributed by atoms with van der Waals surface area (Å²) in [4.78, 5) is 15.0. The molecule has 1 aliphatic rings. The number of carbonyl (C=O) groups is 1. The number of hydrogen-bond acceptors (Lipinski definition) is 3. The molecule has 0 aromatic heterocycles. The van der Waals surface area contributed by atoms with Crippen LogP contribution in [-0.2, 0) is 29.0 Å². The zero-order chi connectivity index (χ0) is 19.4. The monoisotopic (exact) mass is 366 g/mol. The van der Waals surface area contributed by atoms with Gasteiger partial charge >= 0.3 is 0 Å². The van der Waals surface area contributed by atoms with Crippen molar-refractivity contribution in [2.24, 2.45) is 0 Å². The molecule has 0 bridgehead atoms. The van der Waals surface area contributed by atoms with Crippen molar-refractivity contribution in [3.63, 3.8) is 0 Å². The van der Waals surface area contributed by atoms with Crippen LogP contribution >= 0.6 is 0 Å². The van der Waals surface area contributed by atoms with E-state index in [0.29, 0.717) is 13.2 Å². The van der Waals surface area contributed by atoms with Gasteiger partial charge in [0, 0.05) is 12.2 Å². The van der Waals surface area contributed by atoms with Crippen LogP contribution in [0, 0.1) is 0 Å². The number of anilines is 1. The zero-order valence-corrected chi connectivity index (χ0v) is 16.8. The van der Waals surface area contributed by atoms with Gasteiger partial charge in [-0.15, -0.1) is 0 Å². The second-order valence-corrected chi connectivity index (χ2v) is 7.26. The Morgan fingerprint density at radius 2 is 1.81 bits per heavy atom. The second-order valence-electron chi connectivity index (χ2n) is 7.26. The molecule has 0 spiro atoms. The van der Waals surface area contributed by atoms with Crippen LogP contribution in [0.3, 0.4) is 0 Å². The fourth-order valence-electron chi connectivity index (χ4n) is 3.66. The summed E-state index contributed by atoms with van der Waals surface area (Å²) in [5.74, 6) is 0.0272. The third-order valence-corrected chi connectivity index (χ3v) is 5.58. The number of fused-ring (bicyclic) bond motifs is 1. The lowest BCUT2D eigenvalue weighted by Gasteiger charge is -2.27. The maximum absolute atomic E-state index is 12.9. The Kier molecular flexibility index (Phi) is 6.30. The van der Waals surface area contributed by atoms with E-state index in [-0.39, 0.29) is 18.1 Å². The van der Waals surface area contributed by atoms with E-state index in [2.05, 4.69) is 54.4 Å². The van der Waals surface area contributed by atoms with Crippen molar-refractivity contribution in [2.75, 3.05) is 18.9 Å². The Morgan fingerprint density at radius 3 is 2.48 bits per heavy atom. The molecular weight excluding hydrogens is 336 g/mol. The Bertz CT molecular complexity index is 780. The molecule has 1 heterocycles. The molecule has 0 saturated carbocycles. The Morgan fingerprint density at radius 1 is 1.15 bits per heavy atom. The average molecular weight is 367 g/mol. The molecule has 4 heteroatoms. The highest BCUT2D eigenvalue weighted by Gasteiger charge is 2.27. The molecule has 0 fully saturated rings. The van der Waals surface area contributed by atoms with Gasteiger partial charge in [0.05, 0.1) is 18.8 Å². The van der Waals surface area contributed by atoms with E-state index in [0.717, 1.165) is 18.5 Å². The van der Waals surface area contributed by atoms with Gasteiger partial charge in [-0.3, -0.25) is 9.69 Å². The fraction of sp³-hybridized carbons (Fsp3) is 0.435. The molecule has 1 N–H and O–H groups in total. The molecule has 2 unspecified atom stereocenters. The third kappa shape index (κ3) is 4.23. The van der Waals surface area contributed by atoms with Gasteiger partial charge in [-0.25, -0.2) is 0 Å². The molecule has 3 rings (SSSR count). The zero-order valence-electron chi connectivity index (χ0n) is 16.8. The van der Waals surface area contributed by atoms with Gasteiger partial charge in [0.1, 0.15) is 0 Å². The highest BCUT2D eigenvalue weighted by Crippen LogP contribution is 2.31. The van der Waals surface area contributed by atoms with Crippen molar-refractivity contribution in [3.8, 4) is 0 Å². The van der Waals surface area contributed by atoms with E-state index in [1.807, 2.05) is 26.1 Å². The van der Waals surface area contributed by atoms with E-state index in [4.69, 9.17) is 4.74 Å². The number of likely N-dealkylation sites (N-methyl/N-ethyl adjacent to an activating group) is 1. The highest BCUT2D eigenvalue weighted by molar-refractivity contribution is 5.96. The third-order valence-electron chi connectivity index (χ3n) is 5.58. The van der Waals surface area contributed by atoms with E-state index in [1.165, 1.54) is 22.3 Å². The molecular formula is C23H30N2O2. The van der Waals surface area contributed by atoms with Crippen molar-refractivity contribution in [1.29, 1.82) is 0 Å².